The third-order valence-electron chi connectivity index (χ3n) is 1.01. The van der Waals surface area contributed by atoms with Gasteiger partial charge in [0.15, 0.2) is 5.82 Å². The highest BCUT2D eigenvalue weighted by Gasteiger charge is 1.98. The van der Waals surface area contributed by atoms with Crippen molar-refractivity contribution in [1.82, 2.24) is 25.9 Å². The van der Waals surface area contributed by atoms with Gasteiger partial charge in [0.2, 0.25) is 0 Å². The number of carboxylic acid groups (broad SMARTS) is 1. The van der Waals surface area contributed by atoms with Crippen molar-refractivity contribution >= 4 is 6.09 Å². The smallest absolute Gasteiger partial charge is 0.404 e. The molecule has 7 heteroatoms. The lowest BCUT2D eigenvalue weighted by atomic mass is 10.4. The summed E-state index contributed by atoms with van der Waals surface area (Å²) in [7, 11) is 0. The predicted molar refractivity (Wildman–Crippen MR) is 33.9 cm³/mol. The second kappa shape index (κ2) is 3.49. The van der Waals surface area contributed by atoms with Gasteiger partial charge in [0.25, 0.3) is 0 Å². The number of amides is 1. The molecule has 1 aromatic heterocycles. The molecule has 60 valence electrons. The van der Waals surface area contributed by atoms with Gasteiger partial charge in [-0.1, -0.05) is 5.21 Å². The van der Waals surface area contributed by atoms with Gasteiger partial charge in [-0.25, -0.2) is 4.79 Å². The molecule has 0 saturated heterocycles. The summed E-state index contributed by atoms with van der Waals surface area (Å²) in [6, 6.07) is 0. The van der Waals surface area contributed by atoms with Crippen LogP contribution in [-0.4, -0.2) is 38.4 Å². The molecule has 0 spiro atoms. The molecule has 1 rings (SSSR count). The maximum absolute atomic E-state index is 9.95. The Labute approximate surface area is 61.8 Å². The number of aromatic amines is 1. The molecule has 0 saturated carbocycles. The highest BCUT2D eigenvalue weighted by atomic mass is 16.4. The Hall–Kier alpha value is -1.66. The first kappa shape index (κ1) is 7.45. The average Bonchev–Trinajstić information content (AvgIpc) is 2.39. The number of rotatable bonds is 3. The number of tetrazole rings is 1. The lowest BCUT2D eigenvalue weighted by Gasteiger charge is -1.94. The van der Waals surface area contributed by atoms with Crippen LogP contribution in [0.4, 0.5) is 4.79 Å². The van der Waals surface area contributed by atoms with E-state index in [-0.39, 0.29) is 0 Å². The number of hydrogen-bond donors (Lipinski definition) is 3. The average molecular weight is 157 g/mol. The zero-order valence-corrected chi connectivity index (χ0v) is 5.61. The minimum absolute atomic E-state index is 0.300. The molecule has 0 aliphatic heterocycles. The first-order valence-electron chi connectivity index (χ1n) is 2.98. The van der Waals surface area contributed by atoms with Crippen molar-refractivity contribution in [1.29, 1.82) is 0 Å². The molecule has 0 unspecified atom stereocenters. The molecule has 0 atom stereocenters. The van der Waals surface area contributed by atoms with E-state index in [0.29, 0.717) is 18.8 Å². The number of hydrogen-bond acceptors (Lipinski definition) is 4. The van der Waals surface area contributed by atoms with E-state index in [1.807, 2.05) is 0 Å². The quantitative estimate of drug-likeness (QED) is 0.522. The number of nitrogens with one attached hydrogen (secondary N) is 2. The molecule has 1 amide bonds. The van der Waals surface area contributed by atoms with Crippen LogP contribution in [0.25, 0.3) is 0 Å². The Kier molecular flexibility index (Phi) is 2.37. The third-order valence-corrected chi connectivity index (χ3v) is 1.01. The highest BCUT2D eigenvalue weighted by molar-refractivity contribution is 5.64. The molecular weight excluding hydrogens is 150 g/mol. The third kappa shape index (κ3) is 2.61. The van der Waals surface area contributed by atoms with E-state index < -0.39 is 6.09 Å². The van der Waals surface area contributed by atoms with E-state index in [4.69, 9.17) is 5.11 Å². The summed E-state index contributed by atoms with van der Waals surface area (Å²) in [6.07, 6.45) is -0.600. The Morgan fingerprint density at radius 1 is 1.73 bits per heavy atom. The molecule has 0 bridgehead atoms. The van der Waals surface area contributed by atoms with Gasteiger partial charge in [-0.3, -0.25) is 0 Å². The van der Waals surface area contributed by atoms with Gasteiger partial charge < -0.3 is 10.4 Å². The second-order valence-corrected chi connectivity index (χ2v) is 1.81. The molecule has 11 heavy (non-hydrogen) atoms. The van der Waals surface area contributed by atoms with E-state index in [2.05, 4.69) is 25.9 Å². The normalized spacial score (nSPS) is 9.45. The highest BCUT2D eigenvalue weighted by Crippen LogP contribution is 1.82. The molecule has 0 radical (unpaired) electrons. The van der Waals surface area contributed by atoms with Crippen LogP contribution >= 0.6 is 0 Å². The van der Waals surface area contributed by atoms with E-state index in [9.17, 15) is 4.79 Å². The fourth-order valence-electron chi connectivity index (χ4n) is 0.570. The number of aromatic nitrogens is 4. The lowest BCUT2D eigenvalue weighted by molar-refractivity contribution is 0.194. The van der Waals surface area contributed by atoms with Gasteiger partial charge >= 0.3 is 6.09 Å². The lowest BCUT2D eigenvalue weighted by Crippen LogP contribution is -2.23. The molecule has 1 heterocycles. The topological polar surface area (TPSA) is 104 Å². The monoisotopic (exact) mass is 157 g/mol. The van der Waals surface area contributed by atoms with E-state index >= 15 is 0 Å². The number of carbonyl (C=O) groups is 1. The maximum atomic E-state index is 9.95. The minimum Gasteiger partial charge on any atom is -0.465 e. The summed E-state index contributed by atoms with van der Waals surface area (Å²) in [4.78, 5) is 9.95. The van der Waals surface area contributed by atoms with E-state index in [1.165, 1.54) is 0 Å². The summed E-state index contributed by atoms with van der Waals surface area (Å²) >= 11 is 0. The van der Waals surface area contributed by atoms with Crippen LogP contribution in [0.15, 0.2) is 0 Å². The summed E-state index contributed by atoms with van der Waals surface area (Å²) in [5.74, 6) is 0.499. The number of H-pyrrole nitrogens is 1. The molecule has 0 aliphatic carbocycles. The van der Waals surface area contributed by atoms with Gasteiger partial charge in [0.05, 0.1) is 0 Å². The van der Waals surface area contributed by atoms with E-state index in [1.54, 1.807) is 0 Å². The van der Waals surface area contributed by atoms with E-state index in [0.717, 1.165) is 0 Å². The largest absolute Gasteiger partial charge is 0.465 e. The van der Waals surface area contributed by atoms with Gasteiger partial charge in [0.1, 0.15) is 0 Å². The van der Waals surface area contributed by atoms with Gasteiger partial charge in [0, 0.05) is 13.0 Å². The zero-order chi connectivity index (χ0) is 8.10. The number of nitrogens with zero attached hydrogens (tertiary/aromatic N) is 3. The molecular formula is C4H7N5O2. The Morgan fingerprint density at radius 3 is 3.09 bits per heavy atom. The van der Waals surface area contributed by atoms with Crippen LogP contribution in [0.1, 0.15) is 5.82 Å². The predicted octanol–water partition coefficient (Wildman–Crippen LogP) is -0.990. The SMILES string of the molecule is O=C(O)NCCc1nn[nH]n1. The summed E-state index contributed by atoms with van der Waals surface area (Å²) in [5, 5.41) is 23.2. The van der Waals surface area contributed by atoms with Crippen LogP contribution in [0.5, 0.6) is 0 Å². The molecule has 3 N–H and O–H groups in total. The van der Waals surface area contributed by atoms with Gasteiger partial charge in [-0.05, 0) is 0 Å². The van der Waals surface area contributed by atoms with Crippen molar-refractivity contribution in [2.24, 2.45) is 0 Å². The van der Waals surface area contributed by atoms with Crippen molar-refractivity contribution < 1.29 is 9.90 Å². The Balaban J connectivity index is 2.19. The van der Waals surface area contributed by atoms with Crippen molar-refractivity contribution in [3.63, 3.8) is 0 Å². The zero-order valence-electron chi connectivity index (χ0n) is 5.61. The fourth-order valence-corrected chi connectivity index (χ4v) is 0.570. The van der Waals surface area contributed by atoms with Crippen molar-refractivity contribution in [2.45, 2.75) is 6.42 Å². The summed E-state index contributed by atoms with van der Waals surface area (Å²) in [5.41, 5.74) is 0. The molecule has 0 aromatic carbocycles. The van der Waals surface area contributed by atoms with Crippen LogP contribution < -0.4 is 5.32 Å². The van der Waals surface area contributed by atoms with Crippen LogP contribution in [0, 0.1) is 0 Å². The summed E-state index contributed by atoms with van der Waals surface area (Å²) in [6.45, 7) is 0.300. The molecule has 0 fully saturated rings. The second-order valence-electron chi connectivity index (χ2n) is 1.81. The Bertz CT molecular complexity index is 220. The van der Waals surface area contributed by atoms with Crippen LogP contribution in [-0.2, 0) is 6.42 Å². The van der Waals surface area contributed by atoms with Crippen molar-refractivity contribution in [3.8, 4) is 0 Å². The van der Waals surface area contributed by atoms with Crippen molar-refractivity contribution in [3.05, 3.63) is 5.82 Å². The first-order valence-corrected chi connectivity index (χ1v) is 2.98. The Morgan fingerprint density at radius 2 is 2.55 bits per heavy atom. The van der Waals surface area contributed by atoms with Crippen LogP contribution in [0.2, 0.25) is 0 Å². The van der Waals surface area contributed by atoms with Crippen LogP contribution in [0.3, 0.4) is 0 Å². The fraction of sp³-hybridized carbons (Fsp3) is 0.500. The molecule has 1 aromatic rings. The maximum Gasteiger partial charge on any atom is 0.404 e. The van der Waals surface area contributed by atoms with Gasteiger partial charge in [-0.2, -0.15) is 5.21 Å². The molecule has 7 nitrogen and oxygen atoms in total. The standard InChI is InChI=1S/C4H7N5O2/c10-4(11)5-2-1-3-6-8-9-7-3/h5H,1-2H2,(H,10,11)(H,6,7,8,9). The minimum atomic E-state index is -1.05. The summed E-state index contributed by atoms with van der Waals surface area (Å²) < 4.78 is 0. The van der Waals surface area contributed by atoms with Crippen molar-refractivity contribution in [2.75, 3.05) is 6.54 Å². The van der Waals surface area contributed by atoms with Gasteiger partial charge in [-0.15, -0.1) is 10.2 Å². The molecule has 0 aliphatic rings. The first-order chi connectivity index (χ1) is 5.29.